The maximum absolute atomic E-state index is 14.0. The molecular weight excluding hydrogens is 530 g/mol. The predicted octanol–water partition coefficient (Wildman–Crippen LogP) is 3.88. The lowest BCUT2D eigenvalue weighted by atomic mass is 10.0. The van der Waals surface area contributed by atoms with E-state index in [9.17, 15) is 9.59 Å². The maximum atomic E-state index is 14.0. The molecule has 3 fully saturated rings. The first-order chi connectivity index (χ1) is 20.5. The number of carbonyl (C=O) groups excluding carboxylic acids is 1. The van der Waals surface area contributed by atoms with Crippen LogP contribution in [0.25, 0.3) is 21.8 Å². The molecule has 0 radical (unpaired) electrons. The fourth-order valence-corrected chi connectivity index (χ4v) is 7.00. The van der Waals surface area contributed by atoms with Crippen LogP contribution in [0.1, 0.15) is 60.1 Å². The molecule has 3 aromatic heterocycles. The second kappa shape index (κ2) is 11.1. The maximum Gasteiger partial charge on any atom is 0.259 e. The van der Waals surface area contributed by atoms with Crippen LogP contribution < -0.4 is 10.5 Å². The molecular formula is C32H39N7O3. The Morgan fingerprint density at radius 2 is 1.90 bits per heavy atom. The molecule has 3 saturated heterocycles. The molecule has 1 amide bonds. The first-order valence-corrected chi connectivity index (χ1v) is 15.3. The molecule has 7 rings (SSSR count). The van der Waals surface area contributed by atoms with E-state index in [1.165, 1.54) is 18.4 Å². The Balaban J connectivity index is 1.14. The Bertz CT molecular complexity index is 1680. The van der Waals surface area contributed by atoms with Gasteiger partial charge in [0.05, 0.1) is 28.7 Å². The van der Waals surface area contributed by atoms with Gasteiger partial charge in [-0.15, -0.1) is 0 Å². The van der Waals surface area contributed by atoms with E-state index >= 15 is 0 Å². The van der Waals surface area contributed by atoms with Crippen LogP contribution in [0, 0.1) is 6.92 Å². The predicted molar refractivity (Wildman–Crippen MR) is 163 cm³/mol. The van der Waals surface area contributed by atoms with E-state index in [-0.39, 0.29) is 23.6 Å². The van der Waals surface area contributed by atoms with E-state index in [1.807, 2.05) is 40.9 Å². The van der Waals surface area contributed by atoms with Crippen molar-refractivity contribution >= 4 is 33.5 Å². The highest BCUT2D eigenvalue weighted by atomic mass is 16.5. The van der Waals surface area contributed by atoms with Crippen molar-refractivity contribution in [3.63, 3.8) is 0 Å². The molecule has 10 nitrogen and oxygen atoms in total. The molecule has 0 spiro atoms. The van der Waals surface area contributed by atoms with Gasteiger partial charge in [-0.1, -0.05) is 6.07 Å². The van der Waals surface area contributed by atoms with Crippen LogP contribution in [0.3, 0.4) is 0 Å². The summed E-state index contributed by atoms with van der Waals surface area (Å²) in [4.78, 5) is 41.6. The highest BCUT2D eigenvalue weighted by Gasteiger charge is 2.30. The quantitative estimate of drug-likeness (QED) is 0.390. The lowest BCUT2D eigenvalue weighted by molar-refractivity contribution is 0.0495. The van der Waals surface area contributed by atoms with E-state index in [1.54, 1.807) is 6.20 Å². The summed E-state index contributed by atoms with van der Waals surface area (Å²) in [5.74, 6) is 1.15. The van der Waals surface area contributed by atoms with E-state index < -0.39 is 0 Å². The number of nitrogens with zero attached hydrogens (tertiary/aromatic N) is 6. The Kier molecular flexibility index (Phi) is 7.19. The zero-order valence-electron chi connectivity index (χ0n) is 24.5. The molecule has 6 heterocycles. The third kappa shape index (κ3) is 4.86. The summed E-state index contributed by atoms with van der Waals surface area (Å²) in [6.45, 7) is 10.6. The van der Waals surface area contributed by atoms with Crippen molar-refractivity contribution in [2.45, 2.75) is 58.2 Å². The fraction of sp³-hybridized carbons (Fsp3) is 0.500. The molecule has 4 aromatic rings. The van der Waals surface area contributed by atoms with Gasteiger partial charge in [-0.25, -0.2) is 4.98 Å². The van der Waals surface area contributed by atoms with Gasteiger partial charge in [0.15, 0.2) is 0 Å². The van der Waals surface area contributed by atoms with Crippen molar-refractivity contribution in [3.05, 3.63) is 63.7 Å². The van der Waals surface area contributed by atoms with Crippen LogP contribution in [-0.2, 0) is 11.3 Å². The Morgan fingerprint density at radius 1 is 1.10 bits per heavy atom. The molecule has 1 atom stereocenters. The summed E-state index contributed by atoms with van der Waals surface area (Å²) in [6, 6.07) is 8.51. The van der Waals surface area contributed by atoms with Crippen LogP contribution in [0.5, 0.6) is 0 Å². The summed E-state index contributed by atoms with van der Waals surface area (Å²) >= 11 is 0. The standard InChI is InChI=1S/C32H39N7O3/c1-21-16-28-26(29-27(31(40)35-28)18-34-39(29)24-7-14-42-15-8-24)17-25(21)32(41)38-13-12-37(22(2)19-38)20-23-6-5-9-33-30(23)36-10-3-4-11-36/h5-6,9,16-18,22,24H,3-4,7-8,10-15,19-20H2,1-2H3,(H,35,40)/t22-/m0/s1. The summed E-state index contributed by atoms with van der Waals surface area (Å²) in [7, 11) is 0. The van der Waals surface area contributed by atoms with Crippen molar-refractivity contribution in [2.24, 2.45) is 0 Å². The summed E-state index contributed by atoms with van der Waals surface area (Å²) in [5.41, 5.74) is 4.19. The average molecular weight is 570 g/mol. The van der Waals surface area contributed by atoms with Crippen molar-refractivity contribution < 1.29 is 9.53 Å². The highest BCUT2D eigenvalue weighted by molar-refractivity contribution is 6.07. The number of carbonyl (C=O) groups is 1. The van der Waals surface area contributed by atoms with Gasteiger partial charge in [-0.05, 0) is 63.3 Å². The number of piperazine rings is 1. The number of rotatable bonds is 5. The number of nitrogens with one attached hydrogen (secondary N) is 1. The number of pyridine rings is 2. The van der Waals surface area contributed by atoms with Gasteiger partial charge >= 0.3 is 0 Å². The van der Waals surface area contributed by atoms with Gasteiger partial charge in [-0.2, -0.15) is 5.10 Å². The van der Waals surface area contributed by atoms with E-state index in [0.29, 0.717) is 37.3 Å². The van der Waals surface area contributed by atoms with Gasteiger partial charge in [0.1, 0.15) is 5.82 Å². The largest absolute Gasteiger partial charge is 0.381 e. The number of hydrogen-bond acceptors (Lipinski definition) is 7. The molecule has 1 N–H and O–H groups in total. The first kappa shape index (κ1) is 27.1. The first-order valence-electron chi connectivity index (χ1n) is 15.3. The molecule has 220 valence electrons. The number of aromatic nitrogens is 4. The minimum atomic E-state index is -0.152. The van der Waals surface area contributed by atoms with Crippen molar-refractivity contribution in [3.8, 4) is 0 Å². The van der Waals surface area contributed by atoms with E-state index in [2.05, 4.69) is 32.9 Å². The van der Waals surface area contributed by atoms with Gasteiger partial charge in [0.25, 0.3) is 11.5 Å². The Morgan fingerprint density at radius 3 is 2.69 bits per heavy atom. The van der Waals surface area contributed by atoms with E-state index in [4.69, 9.17) is 9.72 Å². The number of anilines is 1. The average Bonchev–Trinajstić information content (AvgIpc) is 3.70. The van der Waals surface area contributed by atoms with Crippen LogP contribution in [0.2, 0.25) is 0 Å². The van der Waals surface area contributed by atoms with Crippen LogP contribution >= 0.6 is 0 Å². The smallest absolute Gasteiger partial charge is 0.259 e. The second-order valence-electron chi connectivity index (χ2n) is 12.1. The molecule has 0 saturated carbocycles. The number of hydrogen-bond donors (Lipinski definition) is 1. The topological polar surface area (TPSA) is 99.6 Å². The molecule has 0 aliphatic carbocycles. The minimum Gasteiger partial charge on any atom is -0.381 e. The monoisotopic (exact) mass is 569 g/mol. The molecule has 0 unspecified atom stereocenters. The summed E-state index contributed by atoms with van der Waals surface area (Å²) < 4.78 is 7.55. The van der Waals surface area contributed by atoms with Gasteiger partial charge in [0.2, 0.25) is 0 Å². The van der Waals surface area contributed by atoms with E-state index in [0.717, 1.165) is 66.8 Å². The van der Waals surface area contributed by atoms with Crippen molar-refractivity contribution in [1.82, 2.24) is 29.5 Å². The second-order valence-corrected chi connectivity index (χ2v) is 12.1. The molecule has 42 heavy (non-hydrogen) atoms. The number of fused-ring (bicyclic) bond motifs is 3. The Hall–Kier alpha value is -3.76. The molecule has 0 bridgehead atoms. The third-order valence-corrected chi connectivity index (χ3v) is 9.37. The van der Waals surface area contributed by atoms with Crippen molar-refractivity contribution in [2.75, 3.05) is 50.8 Å². The normalized spacial score (nSPS) is 20.7. The number of aromatic amines is 1. The molecule has 3 aliphatic rings. The number of amides is 1. The minimum absolute atomic E-state index is 0.0384. The summed E-state index contributed by atoms with van der Waals surface area (Å²) in [5, 5.41) is 6.05. The molecule has 10 heteroatoms. The van der Waals surface area contributed by atoms with Gasteiger partial charge in [-0.3, -0.25) is 19.2 Å². The zero-order valence-corrected chi connectivity index (χ0v) is 24.5. The van der Waals surface area contributed by atoms with Crippen LogP contribution in [-0.4, -0.2) is 87.4 Å². The Labute approximate surface area is 245 Å². The lowest BCUT2D eigenvalue weighted by Crippen LogP contribution is -2.53. The van der Waals surface area contributed by atoms with Crippen LogP contribution in [0.4, 0.5) is 5.82 Å². The fourth-order valence-electron chi connectivity index (χ4n) is 7.00. The summed E-state index contributed by atoms with van der Waals surface area (Å²) in [6.07, 6.45) is 7.69. The number of ether oxygens (including phenoxy) is 1. The van der Waals surface area contributed by atoms with Gasteiger partial charge < -0.3 is 19.5 Å². The van der Waals surface area contributed by atoms with Crippen molar-refractivity contribution in [1.29, 1.82) is 0 Å². The zero-order chi connectivity index (χ0) is 28.8. The molecule has 1 aromatic carbocycles. The number of aryl methyl sites for hydroxylation is 1. The number of benzene rings is 1. The van der Waals surface area contributed by atoms with Gasteiger partial charge in [0, 0.05) is 81.2 Å². The third-order valence-electron chi connectivity index (χ3n) is 9.37. The lowest BCUT2D eigenvalue weighted by Gasteiger charge is -2.40. The highest BCUT2D eigenvalue weighted by Crippen LogP contribution is 2.31. The van der Waals surface area contributed by atoms with Crippen LogP contribution in [0.15, 0.2) is 41.5 Å². The SMILES string of the molecule is Cc1cc2[nH]c(=O)c3cnn(C4CCOCC4)c3c2cc1C(=O)N1CCN(Cc2cccnc2N2CCCC2)[C@@H](C)C1. The number of H-pyrrole nitrogens is 1. The molecule has 3 aliphatic heterocycles.